The predicted octanol–water partition coefficient (Wildman–Crippen LogP) is -1.41. The highest BCUT2D eigenvalue weighted by molar-refractivity contribution is 8.76. The first-order valence-electron chi connectivity index (χ1n) is 4.82. The summed E-state index contributed by atoms with van der Waals surface area (Å²) >= 11 is 3.54. The monoisotopic (exact) mass is 331 g/mol. The third kappa shape index (κ3) is 15.3. The molecule has 0 aliphatic carbocycles. The van der Waals surface area contributed by atoms with Gasteiger partial charge in [0.15, 0.2) is 0 Å². The number of primary amides is 1. The standard InChI is InChI=1S/C6H12N2O4S2.C2H5NOS/c7-3(5(9)10)1-13-14-2-4(8)6(11)12;3-2(4)1-5/h3-4H,1-2,7-8H2,(H,9,10)(H,11,12);5H,1H2,(H2,3,4). The summed E-state index contributed by atoms with van der Waals surface area (Å²) < 4.78 is 0. The van der Waals surface area contributed by atoms with Gasteiger partial charge in [0.1, 0.15) is 12.1 Å². The van der Waals surface area contributed by atoms with Crippen LogP contribution in [0.4, 0.5) is 0 Å². The molecule has 0 aliphatic rings. The maximum Gasteiger partial charge on any atom is 0.321 e. The Morgan fingerprint density at radius 3 is 1.42 bits per heavy atom. The van der Waals surface area contributed by atoms with Gasteiger partial charge in [-0.1, -0.05) is 21.6 Å². The van der Waals surface area contributed by atoms with E-state index in [9.17, 15) is 14.4 Å². The highest BCUT2D eigenvalue weighted by atomic mass is 33.1. The van der Waals surface area contributed by atoms with Crippen LogP contribution in [-0.2, 0) is 14.4 Å². The van der Waals surface area contributed by atoms with E-state index in [0.29, 0.717) is 0 Å². The Bertz CT molecular complexity index is 283. The molecule has 19 heavy (non-hydrogen) atoms. The van der Waals surface area contributed by atoms with Crippen LogP contribution >= 0.6 is 34.2 Å². The Kier molecular flexibility index (Phi) is 13.5. The summed E-state index contributed by atoms with van der Waals surface area (Å²) in [5.41, 5.74) is 15.0. The first-order valence-corrected chi connectivity index (χ1v) is 7.94. The normalized spacial score (nSPS) is 12.8. The number of carboxylic acid groups (broad SMARTS) is 2. The molecule has 0 bridgehead atoms. The number of hydrogen-bond acceptors (Lipinski definition) is 8. The lowest BCUT2D eigenvalue weighted by molar-refractivity contribution is -0.138. The van der Waals surface area contributed by atoms with Gasteiger partial charge >= 0.3 is 11.9 Å². The molecule has 0 rings (SSSR count). The molecule has 0 aromatic rings. The second-order valence-electron chi connectivity index (χ2n) is 3.08. The van der Waals surface area contributed by atoms with Crippen molar-refractivity contribution in [2.24, 2.45) is 17.2 Å². The van der Waals surface area contributed by atoms with Crippen molar-refractivity contribution in [1.29, 1.82) is 0 Å². The molecule has 0 heterocycles. The van der Waals surface area contributed by atoms with Gasteiger partial charge in [-0.15, -0.1) is 0 Å². The fourth-order valence-corrected chi connectivity index (χ4v) is 2.61. The summed E-state index contributed by atoms with van der Waals surface area (Å²) in [4.78, 5) is 30.1. The second kappa shape index (κ2) is 12.4. The smallest absolute Gasteiger partial charge is 0.321 e. The van der Waals surface area contributed by atoms with Gasteiger partial charge in [-0.05, 0) is 0 Å². The van der Waals surface area contributed by atoms with Crippen molar-refractivity contribution >= 4 is 52.1 Å². The summed E-state index contributed by atoms with van der Waals surface area (Å²) in [6, 6.07) is -1.85. The number of nitrogens with two attached hydrogens (primary N) is 3. The molecule has 0 saturated heterocycles. The van der Waals surface area contributed by atoms with E-state index in [2.05, 4.69) is 18.4 Å². The molecule has 0 aliphatic heterocycles. The van der Waals surface area contributed by atoms with Crippen molar-refractivity contribution in [3.8, 4) is 0 Å². The van der Waals surface area contributed by atoms with E-state index in [1.54, 1.807) is 0 Å². The third-order valence-corrected chi connectivity index (χ3v) is 4.15. The van der Waals surface area contributed by atoms with Gasteiger partial charge in [0.2, 0.25) is 5.91 Å². The zero-order valence-corrected chi connectivity index (χ0v) is 12.4. The average molecular weight is 331 g/mol. The quantitative estimate of drug-likeness (QED) is 0.178. The average Bonchev–Trinajstić information content (AvgIpc) is 2.34. The fourth-order valence-electron chi connectivity index (χ4n) is 0.385. The van der Waals surface area contributed by atoms with Gasteiger partial charge in [0.25, 0.3) is 0 Å². The van der Waals surface area contributed by atoms with Crippen molar-refractivity contribution < 1.29 is 24.6 Å². The maximum atomic E-state index is 10.3. The summed E-state index contributed by atoms with van der Waals surface area (Å²) in [6.07, 6.45) is 0. The van der Waals surface area contributed by atoms with Gasteiger partial charge in [-0.2, -0.15) is 12.6 Å². The summed E-state index contributed by atoms with van der Waals surface area (Å²) in [5.74, 6) is -1.92. The molecule has 11 heteroatoms. The van der Waals surface area contributed by atoms with Crippen LogP contribution in [0.25, 0.3) is 0 Å². The molecule has 0 radical (unpaired) electrons. The minimum absolute atomic E-state index is 0.139. The number of aliphatic carboxylic acids is 2. The highest BCUT2D eigenvalue weighted by Crippen LogP contribution is 2.22. The molecule has 2 atom stereocenters. The summed E-state index contributed by atoms with van der Waals surface area (Å²) in [7, 11) is 2.41. The molecule has 112 valence electrons. The molecule has 1 amide bonds. The van der Waals surface area contributed by atoms with Crippen LogP contribution in [0.15, 0.2) is 0 Å². The number of hydrogen-bond donors (Lipinski definition) is 6. The summed E-state index contributed by atoms with van der Waals surface area (Å²) in [6.45, 7) is 0. The molecular weight excluding hydrogens is 314 g/mol. The molecule has 0 aromatic heterocycles. The van der Waals surface area contributed by atoms with Crippen molar-refractivity contribution in [3.63, 3.8) is 0 Å². The molecule has 8 N–H and O–H groups in total. The first kappa shape index (κ1) is 20.7. The Morgan fingerprint density at radius 1 is 1.00 bits per heavy atom. The van der Waals surface area contributed by atoms with Gasteiger partial charge in [0.05, 0.1) is 5.75 Å². The minimum Gasteiger partial charge on any atom is -0.480 e. The van der Waals surface area contributed by atoms with Crippen LogP contribution in [0.5, 0.6) is 0 Å². The Hall–Kier alpha value is -0.620. The third-order valence-electron chi connectivity index (χ3n) is 1.37. The van der Waals surface area contributed by atoms with Crippen LogP contribution < -0.4 is 17.2 Å². The van der Waals surface area contributed by atoms with Crippen molar-refractivity contribution in [2.75, 3.05) is 17.3 Å². The molecule has 0 aromatic carbocycles. The highest BCUT2D eigenvalue weighted by Gasteiger charge is 2.14. The van der Waals surface area contributed by atoms with Crippen LogP contribution in [-0.4, -0.2) is 57.4 Å². The number of carbonyl (C=O) groups is 3. The lowest BCUT2D eigenvalue weighted by Crippen LogP contribution is -2.33. The van der Waals surface area contributed by atoms with Crippen molar-refractivity contribution in [3.05, 3.63) is 0 Å². The molecule has 0 fully saturated rings. The molecular formula is C8H17N3O5S3. The maximum absolute atomic E-state index is 10.3. The van der Waals surface area contributed by atoms with E-state index >= 15 is 0 Å². The topological polar surface area (TPSA) is 170 Å². The largest absolute Gasteiger partial charge is 0.480 e. The lowest BCUT2D eigenvalue weighted by atomic mass is 10.4. The first-order chi connectivity index (χ1) is 8.72. The van der Waals surface area contributed by atoms with E-state index in [-0.39, 0.29) is 23.2 Å². The van der Waals surface area contributed by atoms with E-state index in [1.807, 2.05) is 0 Å². The SMILES string of the molecule is NC(=O)CS.NC(CSSCC(N)C(=O)O)C(=O)O. The Morgan fingerprint density at radius 2 is 1.26 bits per heavy atom. The van der Waals surface area contributed by atoms with E-state index < -0.39 is 24.0 Å². The van der Waals surface area contributed by atoms with Crippen LogP contribution in [0.3, 0.4) is 0 Å². The second-order valence-corrected chi connectivity index (χ2v) is 5.95. The Balaban J connectivity index is 0. The zero-order valence-electron chi connectivity index (χ0n) is 9.89. The van der Waals surface area contributed by atoms with Gasteiger partial charge in [-0.25, -0.2) is 0 Å². The number of carbonyl (C=O) groups excluding carboxylic acids is 1. The van der Waals surface area contributed by atoms with E-state index in [1.165, 1.54) is 21.6 Å². The lowest BCUT2D eigenvalue weighted by Gasteiger charge is -2.07. The van der Waals surface area contributed by atoms with Crippen molar-refractivity contribution in [1.82, 2.24) is 0 Å². The fraction of sp³-hybridized carbons (Fsp3) is 0.625. The number of carboxylic acids is 2. The Labute approximate surface area is 123 Å². The number of amides is 1. The van der Waals surface area contributed by atoms with Gasteiger partial charge < -0.3 is 27.4 Å². The van der Waals surface area contributed by atoms with Gasteiger partial charge in [-0.3, -0.25) is 14.4 Å². The molecule has 2 unspecified atom stereocenters. The minimum atomic E-state index is -1.07. The zero-order chi connectivity index (χ0) is 15.4. The van der Waals surface area contributed by atoms with E-state index in [0.717, 1.165) is 0 Å². The number of thiol groups is 1. The molecule has 0 spiro atoms. The van der Waals surface area contributed by atoms with E-state index in [4.69, 9.17) is 21.7 Å². The van der Waals surface area contributed by atoms with Crippen LogP contribution in [0.1, 0.15) is 0 Å². The van der Waals surface area contributed by atoms with Crippen LogP contribution in [0, 0.1) is 0 Å². The van der Waals surface area contributed by atoms with Crippen LogP contribution in [0.2, 0.25) is 0 Å². The molecule has 0 saturated carbocycles. The summed E-state index contributed by atoms with van der Waals surface area (Å²) in [5, 5.41) is 16.8. The predicted molar refractivity (Wildman–Crippen MR) is 79.2 cm³/mol. The molecule has 8 nitrogen and oxygen atoms in total. The number of rotatable bonds is 8. The van der Waals surface area contributed by atoms with Gasteiger partial charge in [0, 0.05) is 11.5 Å². The van der Waals surface area contributed by atoms with Crippen molar-refractivity contribution in [2.45, 2.75) is 12.1 Å².